The summed E-state index contributed by atoms with van der Waals surface area (Å²) in [5, 5.41) is 12.4. The molecule has 1 atom stereocenters. The molecular formula is C14H19N3OS. The van der Waals surface area contributed by atoms with Gasteiger partial charge in [-0.15, -0.1) is 0 Å². The molecule has 1 aromatic rings. The molecule has 1 N–H and O–H groups in total. The molecule has 1 heterocycles. The van der Waals surface area contributed by atoms with Crippen LogP contribution in [0.2, 0.25) is 0 Å². The second-order valence-corrected chi connectivity index (χ2v) is 6.13. The van der Waals surface area contributed by atoms with Crippen LogP contribution in [0.3, 0.4) is 0 Å². The number of aryl methyl sites for hydroxylation is 2. The maximum Gasteiger partial charge on any atom is 0.233 e. The molecule has 0 radical (unpaired) electrons. The molecule has 0 aliphatic rings. The second-order valence-electron chi connectivity index (χ2n) is 4.80. The van der Waals surface area contributed by atoms with E-state index in [-0.39, 0.29) is 17.2 Å². The topological polar surface area (TPSA) is 65.8 Å². The highest BCUT2D eigenvalue weighted by molar-refractivity contribution is 8.00. The van der Waals surface area contributed by atoms with Crippen LogP contribution in [0.5, 0.6) is 0 Å². The molecule has 0 saturated heterocycles. The Morgan fingerprint density at radius 3 is 2.58 bits per heavy atom. The first-order chi connectivity index (χ1) is 8.85. The molecule has 0 aliphatic carbocycles. The third kappa shape index (κ3) is 4.25. The molecule has 0 spiro atoms. The minimum atomic E-state index is -0.275. The summed E-state index contributed by atoms with van der Waals surface area (Å²) in [4.78, 5) is 16.3. The van der Waals surface area contributed by atoms with Gasteiger partial charge >= 0.3 is 0 Å². The van der Waals surface area contributed by atoms with Crippen molar-refractivity contribution in [3.8, 4) is 6.07 Å². The van der Waals surface area contributed by atoms with Gasteiger partial charge in [0, 0.05) is 11.7 Å². The molecule has 5 heteroatoms. The van der Waals surface area contributed by atoms with Crippen molar-refractivity contribution in [2.75, 3.05) is 0 Å². The monoisotopic (exact) mass is 277 g/mol. The summed E-state index contributed by atoms with van der Waals surface area (Å²) in [7, 11) is 0. The first kappa shape index (κ1) is 15.5. The number of thioether (sulfide) groups is 1. The van der Waals surface area contributed by atoms with Crippen LogP contribution >= 0.6 is 11.8 Å². The van der Waals surface area contributed by atoms with Gasteiger partial charge in [0.05, 0.1) is 10.8 Å². The first-order valence-corrected chi connectivity index (χ1v) is 7.08. The summed E-state index contributed by atoms with van der Waals surface area (Å²) in [6.45, 7) is 9.44. The molecule has 0 fully saturated rings. The fourth-order valence-electron chi connectivity index (χ4n) is 1.65. The van der Waals surface area contributed by atoms with E-state index in [4.69, 9.17) is 0 Å². The number of amides is 1. The highest BCUT2D eigenvalue weighted by atomic mass is 32.2. The largest absolute Gasteiger partial charge is 0.353 e. The van der Waals surface area contributed by atoms with Crippen LogP contribution in [0, 0.1) is 25.2 Å². The molecular weight excluding hydrogens is 258 g/mol. The van der Waals surface area contributed by atoms with Gasteiger partial charge in [0.2, 0.25) is 5.91 Å². The van der Waals surface area contributed by atoms with Crippen LogP contribution in [-0.4, -0.2) is 22.2 Å². The highest BCUT2D eigenvalue weighted by Gasteiger charge is 2.19. The molecule has 0 aromatic carbocycles. The van der Waals surface area contributed by atoms with Gasteiger partial charge in [0.1, 0.15) is 11.1 Å². The van der Waals surface area contributed by atoms with Gasteiger partial charge in [-0.25, -0.2) is 4.98 Å². The summed E-state index contributed by atoms with van der Waals surface area (Å²) < 4.78 is 0. The number of hydrogen-bond acceptors (Lipinski definition) is 4. The lowest BCUT2D eigenvalue weighted by Gasteiger charge is -2.15. The van der Waals surface area contributed by atoms with E-state index in [0.717, 1.165) is 11.3 Å². The lowest BCUT2D eigenvalue weighted by atomic mass is 10.1. The van der Waals surface area contributed by atoms with Crippen molar-refractivity contribution in [3.05, 3.63) is 22.9 Å². The van der Waals surface area contributed by atoms with Crippen LogP contribution in [0.15, 0.2) is 11.1 Å². The molecule has 0 unspecified atom stereocenters. The smallest absolute Gasteiger partial charge is 0.233 e. The predicted molar refractivity (Wildman–Crippen MR) is 77.0 cm³/mol. The predicted octanol–water partition coefficient (Wildman–Crippen LogP) is 2.58. The Bertz CT molecular complexity index is 520. The minimum absolute atomic E-state index is 0.0372. The van der Waals surface area contributed by atoms with E-state index in [9.17, 15) is 10.1 Å². The SMILES string of the molecule is Cc1cc(C)c(C#N)c(S[C@@H](C)C(=O)NC(C)C)n1. The third-order valence-electron chi connectivity index (χ3n) is 2.51. The van der Waals surface area contributed by atoms with Gasteiger partial charge < -0.3 is 5.32 Å². The van der Waals surface area contributed by atoms with Crippen molar-refractivity contribution in [1.82, 2.24) is 10.3 Å². The molecule has 1 amide bonds. The van der Waals surface area contributed by atoms with Gasteiger partial charge in [-0.2, -0.15) is 5.26 Å². The molecule has 0 aliphatic heterocycles. The zero-order chi connectivity index (χ0) is 14.6. The summed E-state index contributed by atoms with van der Waals surface area (Å²) in [5.74, 6) is -0.0372. The Balaban J connectivity index is 2.94. The highest BCUT2D eigenvalue weighted by Crippen LogP contribution is 2.27. The van der Waals surface area contributed by atoms with Crippen molar-refractivity contribution in [2.45, 2.75) is 50.9 Å². The third-order valence-corrected chi connectivity index (χ3v) is 3.60. The molecule has 4 nitrogen and oxygen atoms in total. The number of rotatable bonds is 4. The van der Waals surface area contributed by atoms with Crippen LogP contribution in [0.1, 0.15) is 37.6 Å². The summed E-state index contributed by atoms with van der Waals surface area (Å²) in [6, 6.07) is 4.15. The number of carbonyl (C=O) groups is 1. The molecule has 1 aromatic heterocycles. The maximum atomic E-state index is 11.9. The minimum Gasteiger partial charge on any atom is -0.353 e. The van der Waals surface area contributed by atoms with E-state index in [0.29, 0.717) is 10.6 Å². The summed E-state index contributed by atoms with van der Waals surface area (Å²) in [5.41, 5.74) is 2.31. The van der Waals surface area contributed by atoms with Gasteiger partial charge in [-0.1, -0.05) is 11.8 Å². The number of nitrogens with zero attached hydrogens (tertiary/aromatic N) is 2. The molecule has 0 saturated carbocycles. The fourth-order valence-corrected chi connectivity index (χ4v) is 2.68. The zero-order valence-electron chi connectivity index (χ0n) is 11.9. The molecule has 102 valence electrons. The van der Waals surface area contributed by atoms with E-state index >= 15 is 0 Å². The number of aromatic nitrogens is 1. The van der Waals surface area contributed by atoms with E-state index in [1.54, 1.807) is 0 Å². The van der Waals surface area contributed by atoms with Gasteiger partial charge in [-0.05, 0) is 46.2 Å². The van der Waals surface area contributed by atoms with Gasteiger partial charge in [0.15, 0.2) is 0 Å². The lowest BCUT2D eigenvalue weighted by molar-refractivity contribution is -0.120. The van der Waals surface area contributed by atoms with Crippen molar-refractivity contribution in [1.29, 1.82) is 5.26 Å². The second kappa shape index (κ2) is 6.58. The van der Waals surface area contributed by atoms with E-state index in [1.165, 1.54) is 11.8 Å². The number of carbonyl (C=O) groups excluding carboxylic acids is 1. The lowest BCUT2D eigenvalue weighted by Crippen LogP contribution is -2.35. The van der Waals surface area contributed by atoms with Crippen LogP contribution in [0.25, 0.3) is 0 Å². The normalized spacial score (nSPS) is 12.1. The Morgan fingerprint density at radius 1 is 1.42 bits per heavy atom. The van der Waals surface area contributed by atoms with Crippen LogP contribution in [-0.2, 0) is 4.79 Å². The average molecular weight is 277 g/mol. The Morgan fingerprint density at radius 2 is 2.05 bits per heavy atom. The Kier molecular flexibility index (Phi) is 5.37. The molecule has 0 bridgehead atoms. The number of pyridine rings is 1. The van der Waals surface area contributed by atoms with Gasteiger partial charge in [0.25, 0.3) is 0 Å². The molecule has 19 heavy (non-hydrogen) atoms. The van der Waals surface area contributed by atoms with Gasteiger partial charge in [-0.3, -0.25) is 4.79 Å². The Hall–Kier alpha value is -1.54. The van der Waals surface area contributed by atoms with Crippen molar-refractivity contribution in [2.24, 2.45) is 0 Å². The van der Waals surface area contributed by atoms with E-state index in [1.807, 2.05) is 40.7 Å². The van der Waals surface area contributed by atoms with Crippen molar-refractivity contribution < 1.29 is 4.79 Å². The van der Waals surface area contributed by atoms with Crippen LogP contribution in [0.4, 0.5) is 0 Å². The maximum absolute atomic E-state index is 11.9. The number of nitrogens with one attached hydrogen (secondary N) is 1. The number of nitriles is 1. The summed E-state index contributed by atoms with van der Waals surface area (Å²) >= 11 is 1.33. The van der Waals surface area contributed by atoms with Crippen molar-refractivity contribution >= 4 is 17.7 Å². The standard InChI is InChI=1S/C14H19N3OS/c1-8(2)16-13(18)11(5)19-14-12(7-15)9(3)6-10(4)17-14/h6,8,11H,1-5H3,(H,16,18)/t11-/m0/s1. The van der Waals surface area contributed by atoms with E-state index < -0.39 is 0 Å². The summed E-state index contributed by atoms with van der Waals surface area (Å²) in [6.07, 6.45) is 0. The van der Waals surface area contributed by atoms with Crippen molar-refractivity contribution in [3.63, 3.8) is 0 Å². The van der Waals surface area contributed by atoms with Crippen LogP contribution < -0.4 is 5.32 Å². The first-order valence-electron chi connectivity index (χ1n) is 6.20. The zero-order valence-corrected chi connectivity index (χ0v) is 12.8. The molecule has 1 rings (SSSR count). The number of hydrogen-bond donors (Lipinski definition) is 1. The fraction of sp³-hybridized carbons (Fsp3) is 0.500. The quantitative estimate of drug-likeness (QED) is 0.859. The Labute approximate surface area is 118 Å². The average Bonchev–Trinajstić information content (AvgIpc) is 2.27. The van der Waals surface area contributed by atoms with E-state index in [2.05, 4.69) is 16.4 Å².